The molecule has 0 unspecified atom stereocenters. The van der Waals surface area contributed by atoms with E-state index in [1.165, 1.54) is 5.56 Å². The van der Waals surface area contributed by atoms with Gasteiger partial charge in [0.1, 0.15) is 12.4 Å². The maximum atomic E-state index is 12.0. The topological polar surface area (TPSA) is 38.3 Å². The summed E-state index contributed by atoms with van der Waals surface area (Å²) in [5.74, 6) is 0.839. The highest BCUT2D eigenvalue weighted by molar-refractivity contribution is 5.95. The Balaban J connectivity index is 1.82. The minimum absolute atomic E-state index is 0.0551. The van der Waals surface area contributed by atoms with Crippen molar-refractivity contribution >= 4 is 5.91 Å². The van der Waals surface area contributed by atoms with Crippen LogP contribution in [-0.4, -0.2) is 19.1 Å². The van der Waals surface area contributed by atoms with Gasteiger partial charge >= 0.3 is 0 Å². The molecule has 110 valence electrons. The highest BCUT2D eigenvalue weighted by Crippen LogP contribution is 2.17. The predicted octanol–water partition coefficient (Wildman–Crippen LogP) is 3.37. The normalized spacial score (nSPS) is 10.2. The Morgan fingerprint density at radius 1 is 1.10 bits per heavy atom. The summed E-state index contributed by atoms with van der Waals surface area (Å²) in [6.07, 6.45) is 0.936. The zero-order valence-electron chi connectivity index (χ0n) is 12.6. The minimum atomic E-state index is -0.0551. The molecule has 0 saturated carbocycles. The molecule has 1 amide bonds. The lowest BCUT2D eigenvalue weighted by Crippen LogP contribution is -2.28. The monoisotopic (exact) mass is 283 g/mol. The molecular weight excluding hydrogens is 262 g/mol. The fourth-order valence-electron chi connectivity index (χ4n) is 2.19. The van der Waals surface area contributed by atoms with Crippen LogP contribution in [0.4, 0.5) is 0 Å². The average molecular weight is 283 g/mol. The molecule has 0 radical (unpaired) electrons. The van der Waals surface area contributed by atoms with E-state index < -0.39 is 0 Å². The Kier molecular flexibility index (Phi) is 5.38. The SMILES string of the molecule is CCc1ccccc1OCCNC(=O)c1ccccc1C. The zero-order chi connectivity index (χ0) is 15.1. The largest absolute Gasteiger partial charge is 0.491 e. The van der Waals surface area contributed by atoms with Crippen LogP contribution in [0.1, 0.15) is 28.4 Å². The first-order valence-corrected chi connectivity index (χ1v) is 7.27. The summed E-state index contributed by atoms with van der Waals surface area (Å²) in [6, 6.07) is 15.5. The lowest BCUT2D eigenvalue weighted by atomic mass is 10.1. The van der Waals surface area contributed by atoms with Crippen molar-refractivity contribution in [2.45, 2.75) is 20.3 Å². The van der Waals surface area contributed by atoms with Gasteiger partial charge in [0.15, 0.2) is 0 Å². The molecule has 0 saturated heterocycles. The molecule has 0 atom stereocenters. The number of carbonyl (C=O) groups is 1. The molecule has 0 aliphatic carbocycles. The van der Waals surface area contributed by atoms with E-state index in [0.717, 1.165) is 17.7 Å². The van der Waals surface area contributed by atoms with Crippen LogP contribution in [0, 0.1) is 6.92 Å². The van der Waals surface area contributed by atoms with Gasteiger partial charge in [-0.25, -0.2) is 0 Å². The summed E-state index contributed by atoms with van der Waals surface area (Å²) in [7, 11) is 0. The quantitative estimate of drug-likeness (QED) is 0.825. The van der Waals surface area contributed by atoms with Crippen LogP contribution in [0.5, 0.6) is 5.75 Å². The van der Waals surface area contributed by atoms with Crippen LogP contribution in [-0.2, 0) is 6.42 Å². The van der Waals surface area contributed by atoms with Crippen LogP contribution in [0.25, 0.3) is 0 Å². The number of nitrogens with one attached hydrogen (secondary N) is 1. The summed E-state index contributed by atoms with van der Waals surface area (Å²) >= 11 is 0. The highest BCUT2D eigenvalue weighted by atomic mass is 16.5. The molecular formula is C18H21NO2. The van der Waals surface area contributed by atoms with Crippen molar-refractivity contribution in [2.24, 2.45) is 0 Å². The molecule has 2 aromatic carbocycles. The Morgan fingerprint density at radius 3 is 2.57 bits per heavy atom. The molecule has 2 rings (SSSR count). The molecule has 2 aromatic rings. The first kappa shape index (κ1) is 15.1. The summed E-state index contributed by atoms with van der Waals surface area (Å²) in [5, 5.41) is 2.88. The van der Waals surface area contributed by atoms with E-state index in [0.29, 0.717) is 18.7 Å². The summed E-state index contributed by atoms with van der Waals surface area (Å²) in [6.45, 7) is 4.99. The van der Waals surface area contributed by atoms with Crippen molar-refractivity contribution in [1.82, 2.24) is 5.32 Å². The molecule has 0 aliphatic rings. The van der Waals surface area contributed by atoms with Gasteiger partial charge in [-0.3, -0.25) is 4.79 Å². The van der Waals surface area contributed by atoms with Crippen molar-refractivity contribution < 1.29 is 9.53 Å². The van der Waals surface area contributed by atoms with Crippen molar-refractivity contribution in [2.75, 3.05) is 13.2 Å². The van der Waals surface area contributed by atoms with Crippen LogP contribution >= 0.6 is 0 Å². The molecule has 0 aromatic heterocycles. The van der Waals surface area contributed by atoms with Crippen LogP contribution in [0.3, 0.4) is 0 Å². The standard InChI is InChI=1S/C18H21NO2/c1-3-15-9-5-7-11-17(15)21-13-12-19-18(20)16-10-6-4-8-14(16)2/h4-11H,3,12-13H2,1-2H3,(H,19,20). The van der Waals surface area contributed by atoms with Crippen LogP contribution in [0.15, 0.2) is 48.5 Å². The number of benzene rings is 2. The van der Waals surface area contributed by atoms with Gasteiger partial charge in [-0.15, -0.1) is 0 Å². The van der Waals surface area contributed by atoms with Gasteiger partial charge in [-0.2, -0.15) is 0 Å². The smallest absolute Gasteiger partial charge is 0.251 e. The van der Waals surface area contributed by atoms with Crippen LogP contribution in [0.2, 0.25) is 0 Å². The first-order valence-electron chi connectivity index (χ1n) is 7.27. The third kappa shape index (κ3) is 4.09. The molecule has 3 heteroatoms. The number of ether oxygens (including phenoxy) is 1. The van der Waals surface area contributed by atoms with Gasteiger partial charge in [-0.1, -0.05) is 43.3 Å². The lowest BCUT2D eigenvalue weighted by Gasteiger charge is -2.11. The van der Waals surface area contributed by atoms with Crippen LogP contribution < -0.4 is 10.1 Å². The maximum Gasteiger partial charge on any atom is 0.251 e. The molecule has 1 N–H and O–H groups in total. The van der Waals surface area contributed by atoms with E-state index >= 15 is 0 Å². The predicted molar refractivity (Wildman–Crippen MR) is 84.8 cm³/mol. The summed E-state index contributed by atoms with van der Waals surface area (Å²) in [5.41, 5.74) is 2.88. The van der Waals surface area contributed by atoms with Gasteiger partial charge in [0, 0.05) is 5.56 Å². The van der Waals surface area contributed by atoms with E-state index in [9.17, 15) is 4.79 Å². The van der Waals surface area contributed by atoms with Gasteiger partial charge < -0.3 is 10.1 Å². The Hall–Kier alpha value is -2.29. The van der Waals surface area contributed by atoms with Gasteiger partial charge in [0.2, 0.25) is 0 Å². The van der Waals surface area contributed by atoms with Crippen molar-refractivity contribution in [1.29, 1.82) is 0 Å². The van der Waals surface area contributed by atoms with E-state index in [4.69, 9.17) is 4.74 Å². The maximum absolute atomic E-state index is 12.0. The number of aryl methyl sites for hydroxylation is 2. The second kappa shape index (κ2) is 7.48. The average Bonchev–Trinajstić information content (AvgIpc) is 2.52. The number of rotatable bonds is 6. The number of amides is 1. The Labute approximate surface area is 126 Å². The number of para-hydroxylation sites is 1. The fraction of sp³-hybridized carbons (Fsp3) is 0.278. The van der Waals surface area contributed by atoms with Gasteiger partial charge in [-0.05, 0) is 36.6 Å². The molecule has 0 aliphatic heterocycles. The second-order valence-corrected chi connectivity index (χ2v) is 4.88. The number of hydrogen-bond acceptors (Lipinski definition) is 2. The lowest BCUT2D eigenvalue weighted by molar-refractivity contribution is 0.0946. The first-order chi connectivity index (χ1) is 10.2. The molecule has 21 heavy (non-hydrogen) atoms. The van der Waals surface area contributed by atoms with Crippen molar-refractivity contribution in [3.8, 4) is 5.75 Å². The van der Waals surface area contributed by atoms with Gasteiger partial charge in [0.25, 0.3) is 5.91 Å². The second-order valence-electron chi connectivity index (χ2n) is 4.88. The van der Waals surface area contributed by atoms with Gasteiger partial charge in [0.05, 0.1) is 6.54 Å². The van der Waals surface area contributed by atoms with E-state index in [1.54, 1.807) is 0 Å². The Morgan fingerprint density at radius 2 is 1.81 bits per heavy atom. The molecule has 3 nitrogen and oxygen atoms in total. The number of carbonyl (C=O) groups excluding carboxylic acids is 1. The van der Waals surface area contributed by atoms with E-state index in [-0.39, 0.29) is 5.91 Å². The molecule has 0 heterocycles. The van der Waals surface area contributed by atoms with E-state index in [2.05, 4.69) is 18.3 Å². The van der Waals surface area contributed by atoms with Crippen molar-refractivity contribution in [3.63, 3.8) is 0 Å². The third-order valence-electron chi connectivity index (χ3n) is 3.39. The third-order valence-corrected chi connectivity index (χ3v) is 3.39. The zero-order valence-corrected chi connectivity index (χ0v) is 12.6. The molecule has 0 bridgehead atoms. The minimum Gasteiger partial charge on any atom is -0.491 e. The number of hydrogen-bond donors (Lipinski definition) is 1. The highest BCUT2D eigenvalue weighted by Gasteiger charge is 2.07. The van der Waals surface area contributed by atoms with Crippen molar-refractivity contribution in [3.05, 3.63) is 65.2 Å². The molecule has 0 spiro atoms. The molecule has 0 fully saturated rings. The van der Waals surface area contributed by atoms with E-state index in [1.807, 2.05) is 49.4 Å². The fourth-order valence-corrected chi connectivity index (χ4v) is 2.19. The Bertz CT molecular complexity index is 608. The summed E-state index contributed by atoms with van der Waals surface area (Å²) in [4.78, 5) is 12.0. The summed E-state index contributed by atoms with van der Waals surface area (Å²) < 4.78 is 5.73.